The van der Waals surface area contributed by atoms with Gasteiger partial charge in [-0.15, -0.1) is 0 Å². The monoisotopic (exact) mass is 268 g/mol. The number of ether oxygens (including phenoxy) is 1. The van der Waals surface area contributed by atoms with Crippen molar-refractivity contribution in [3.05, 3.63) is 0 Å². The smallest absolute Gasteiger partial charge is 0.305 e. The first-order valence-corrected chi connectivity index (χ1v) is 7.70. The molecule has 0 amide bonds. The van der Waals surface area contributed by atoms with Gasteiger partial charge in [-0.25, -0.2) is 0 Å². The predicted octanol–water partition coefficient (Wildman–Crippen LogP) is 1.89. The average Bonchev–Trinajstić information content (AvgIpc) is 2.61. The minimum Gasteiger partial charge on any atom is -0.461 e. The van der Waals surface area contributed by atoms with Gasteiger partial charge in [0.1, 0.15) is 6.10 Å². The molecular formula is C15H28N2O2. The highest BCUT2D eigenvalue weighted by atomic mass is 16.5. The summed E-state index contributed by atoms with van der Waals surface area (Å²) in [7, 11) is 0. The minimum atomic E-state index is -0.0868. The van der Waals surface area contributed by atoms with Crippen molar-refractivity contribution in [1.29, 1.82) is 0 Å². The Kier molecular flexibility index (Phi) is 4.85. The fourth-order valence-electron chi connectivity index (χ4n) is 3.72. The van der Waals surface area contributed by atoms with E-state index < -0.39 is 0 Å². The molecule has 19 heavy (non-hydrogen) atoms. The van der Waals surface area contributed by atoms with E-state index in [9.17, 15) is 4.79 Å². The zero-order valence-electron chi connectivity index (χ0n) is 12.8. The van der Waals surface area contributed by atoms with E-state index in [0.29, 0.717) is 24.5 Å². The third-order valence-corrected chi connectivity index (χ3v) is 4.35. The van der Waals surface area contributed by atoms with Gasteiger partial charge < -0.3 is 4.74 Å². The van der Waals surface area contributed by atoms with E-state index in [4.69, 9.17) is 4.74 Å². The molecule has 2 heterocycles. The zero-order valence-corrected chi connectivity index (χ0v) is 12.8. The maximum Gasteiger partial charge on any atom is 0.305 e. The lowest BCUT2D eigenvalue weighted by atomic mass is 10.1. The molecule has 110 valence electrons. The van der Waals surface area contributed by atoms with Crippen molar-refractivity contribution in [2.45, 2.75) is 71.2 Å². The van der Waals surface area contributed by atoms with Gasteiger partial charge in [-0.1, -0.05) is 6.92 Å². The summed E-state index contributed by atoms with van der Waals surface area (Å²) in [6.07, 6.45) is 3.12. The van der Waals surface area contributed by atoms with Crippen LogP contribution in [0, 0.1) is 0 Å². The molecule has 4 nitrogen and oxygen atoms in total. The molecule has 0 aromatic rings. The van der Waals surface area contributed by atoms with Gasteiger partial charge in [-0.3, -0.25) is 14.6 Å². The third-order valence-electron chi connectivity index (χ3n) is 4.35. The van der Waals surface area contributed by atoms with Crippen LogP contribution in [0.5, 0.6) is 0 Å². The first-order chi connectivity index (χ1) is 9.01. The molecule has 0 N–H and O–H groups in total. The maximum atomic E-state index is 11.3. The maximum absolute atomic E-state index is 11.3. The Morgan fingerprint density at radius 3 is 2.26 bits per heavy atom. The van der Waals surface area contributed by atoms with E-state index in [0.717, 1.165) is 19.6 Å². The Morgan fingerprint density at radius 1 is 1.21 bits per heavy atom. The number of hydrogen-bond acceptors (Lipinski definition) is 4. The van der Waals surface area contributed by atoms with E-state index in [-0.39, 0.29) is 12.1 Å². The highest BCUT2D eigenvalue weighted by Gasteiger charge is 2.41. The normalized spacial score (nSPS) is 29.7. The van der Waals surface area contributed by atoms with Crippen LogP contribution in [-0.4, -0.2) is 59.6 Å². The lowest BCUT2D eigenvalue weighted by Gasteiger charge is -2.43. The molecule has 0 radical (unpaired) electrons. The first kappa shape index (κ1) is 14.8. The summed E-state index contributed by atoms with van der Waals surface area (Å²) < 4.78 is 5.37. The third kappa shape index (κ3) is 3.48. The van der Waals surface area contributed by atoms with Crippen molar-refractivity contribution < 1.29 is 9.53 Å². The van der Waals surface area contributed by atoms with E-state index in [1.54, 1.807) is 0 Å². The Morgan fingerprint density at radius 2 is 1.79 bits per heavy atom. The number of hydrogen-bond donors (Lipinski definition) is 0. The number of esters is 1. The largest absolute Gasteiger partial charge is 0.461 e. The Bertz CT molecular complexity index is 305. The molecule has 0 aliphatic carbocycles. The van der Waals surface area contributed by atoms with Crippen LogP contribution in [0.25, 0.3) is 0 Å². The summed E-state index contributed by atoms with van der Waals surface area (Å²) in [5.41, 5.74) is 0. The van der Waals surface area contributed by atoms with E-state index in [2.05, 4.69) is 23.6 Å². The number of nitrogens with zero attached hydrogens (tertiary/aromatic N) is 2. The fraction of sp³-hybridized carbons (Fsp3) is 0.933. The Hall–Kier alpha value is -0.610. The quantitative estimate of drug-likeness (QED) is 0.713. The summed E-state index contributed by atoms with van der Waals surface area (Å²) in [5, 5.41) is 0. The summed E-state index contributed by atoms with van der Waals surface area (Å²) in [6, 6.07) is 2.05. The van der Waals surface area contributed by atoms with Crippen LogP contribution in [0.15, 0.2) is 0 Å². The molecule has 2 aliphatic rings. The molecule has 2 rings (SSSR count). The van der Waals surface area contributed by atoms with Crippen molar-refractivity contribution in [2.24, 2.45) is 0 Å². The van der Waals surface area contributed by atoms with Crippen molar-refractivity contribution in [1.82, 2.24) is 9.80 Å². The van der Waals surface area contributed by atoms with Crippen LogP contribution in [0.2, 0.25) is 0 Å². The lowest BCUT2D eigenvalue weighted by molar-refractivity contribution is -0.149. The van der Waals surface area contributed by atoms with Gasteiger partial charge in [0.05, 0.1) is 0 Å². The topological polar surface area (TPSA) is 32.8 Å². The molecule has 4 heteroatoms. The number of rotatable bonds is 5. The second-order valence-electron chi connectivity index (χ2n) is 6.30. The summed E-state index contributed by atoms with van der Waals surface area (Å²) in [5.74, 6) is -0.0868. The predicted molar refractivity (Wildman–Crippen MR) is 76.1 cm³/mol. The van der Waals surface area contributed by atoms with Gasteiger partial charge in [0.25, 0.3) is 0 Å². The molecule has 0 aromatic heterocycles. The van der Waals surface area contributed by atoms with Crippen molar-refractivity contribution in [3.8, 4) is 0 Å². The van der Waals surface area contributed by atoms with Gasteiger partial charge >= 0.3 is 5.97 Å². The molecule has 2 aliphatic heterocycles. The molecule has 0 aromatic carbocycles. The van der Waals surface area contributed by atoms with Crippen LogP contribution < -0.4 is 0 Å². The Labute approximate surface area is 117 Å². The van der Waals surface area contributed by atoms with Gasteiger partial charge in [-0.2, -0.15) is 0 Å². The second kappa shape index (κ2) is 6.23. The summed E-state index contributed by atoms with van der Waals surface area (Å²) in [6.45, 7) is 11.6. The standard InChI is InChI=1S/C15H28N2O2/c1-5-15(18)19-12(4)8-16-9-13-6-7-14(10-16)17(13)11(2)3/h11-14H,5-10H2,1-4H3. The molecule has 2 bridgehead atoms. The molecular weight excluding hydrogens is 240 g/mol. The van der Waals surface area contributed by atoms with Gasteiger partial charge in [0, 0.05) is 44.2 Å². The van der Waals surface area contributed by atoms with Gasteiger partial charge in [0.2, 0.25) is 0 Å². The molecule has 3 unspecified atom stereocenters. The highest BCUT2D eigenvalue weighted by molar-refractivity contribution is 5.69. The molecule has 3 atom stereocenters. The number of fused-ring (bicyclic) bond motifs is 2. The second-order valence-corrected chi connectivity index (χ2v) is 6.30. The molecule has 0 saturated carbocycles. The summed E-state index contributed by atoms with van der Waals surface area (Å²) in [4.78, 5) is 16.5. The number of carbonyl (C=O) groups is 1. The van der Waals surface area contributed by atoms with E-state index >= 15 is 0 Å². The average molecular weight is 268 g/mol. The Balaban J connectivity index is 1.84. The minimum absolute atomic E-state index is 0.0115. The van der Waals surface area contributed by atoms with Crippen molar-refractivity contribution >= 4 is 5.97 Å². The van der Waals surface area contributed by atoms with Crippen LogP contribution >= 0.6 is 0 Å². The number of piperazine rings is 1. The van der Waals surface area contributed by atoms with Crippen LogP contribution in [0.3, 0.4) is 0 Å². The lowest BCUT2D eigenvalue weighted by Crippen LogP contribution is -2.57. The highest BCUT2D eigenvalue weighted by Crippen LogP contribution is 2.31. The molecule has 2 fully saturated rings. The van der Waals surface area contributed by atoms with Gasteiger partial charge in [-0.05, 0) is 33.6 Å². The van der Waals surface area contributed by atoms with Crippen molar-refractivity contribution in [2.75, 3.05) is 19.6 Å². The fourth-order valence-corrected chi connectivity index (χ4v) is 3.72. The van der Waals surface area contributed by atoms with Gasteiger partial charge in [0.15, 0.2) is 0 Å². The molecule has 0 spiro atoms. The first-order valence-electron chi connectivity index (χ1n) is 7.70. The van der Waals surface area contributed by atoms with E-state index in [1.807, 2.05) is 13.8 Å². The van der Waals surface area contributed by atoms with Crippen LogP contribution in [0.4, 0.5) is 0 Å². The number of carbonyl (C=O) groups excluding carboxylic acids is 1. The SMILES string of the molecule is CCC(=O)OC(C)CN1CC2CCC(C1)N2C(C)C. The zero-order chi connectivity index (χ0) is 14.0. The van der Waals surface area contributed by atoms with Crippen LogP contribution in [-0.2, 0) is 9.53 Å². The number of likely N-dealkylation sites (tertiary alicyclic amines) is 1. The van der Waals surface area contributed by atoms with E-state index in [1.165, 1.54) is 12.8 Å². The van der Waals surface area contributed by atoms with Crippen LogP contribution in [0.1, 0.15) is 47.0 Å². The molecule has 2 saturated heterocycles. The van der Waals surface area contributed by atoms with Crippen molar-refractivity contribution in [3.63, 3.8) is 0 Å². The summed E-state index contributed by atoms with van der Waals surface area (Å²) >= 11 is 0.